The highest BCUT2D eigenvalue weighted by atomic mass is 19.4. The molecular formula is C14H15F3N4. The molecule has 0 spiro atoms. The molecule has 0 fully saturated rings. The number of halogens is 3. The number of benzene rings is 1. The van der Waals surface area contributed by atoms with Crippen LogP contribution in [-0.2, 0) is 6.18 Å². The van der Waals surface area contributed by atoms with Crippen molar-refractivity contribution in [2.45, 2.75) is 20.0 Å². The number of hydrazine groups is 1. The second-order valence-corrected chi connectivity index (χ2v) is 4.71. The second-order valence-electron chi connectivity index (χ2n) is 4.71. The Hall–Kier alpha value is -2.28. The van der Waals surface area contributed by atoms with Gasteiger partial charge in [-0.05, 0) is 43.2 Å². The van der Waals surface area contributed by atoms with Crippen LogP contribution in [0.25, 0.3) is 0 Å². The van der Waals surface area contributed by atoms with E-state index in [9.17, 15) is 13.2 Å². The standard InChI is InChI=1S/C14H15F3N4/c1-8-3-4-9(2)11(5-8)19-12-6-10(14(15,16)17)7-13(20-12)21-18/h3-7H,18H2,1-2H3,(H2,19,20,21). The lowest BCUT2D eigenvalue weighted by molar-refractivity contribution is -0.137. The first-order valence-electron chi connectivity index (χ1n) is 6.20. The van der Waals surface area contributed by atoms with Crippen LogP contribution in [0.2, 0.25) is 0 Å². The van der Waals surface area contributed by atoms with Crippen LogP contribution in [0.3, 0.4) is 0 Å². The molecule has 1 aromatic heterocycles. The van der Waals surface area contributed by atoms with Crippen molar-refractivity contribution in [2.24, 2.45) is 5.84 Å². The zero-order chi connectivity index (χ0) is 15.6. The van der Waals surface area contributed by atoms with E-state index >= 15 is 0 Å². The van der Waals surface area contributed by atoms with Gasteiger partial charge in [-0.2, -0.15) is 13.2 Å². The van der Waals surface area contributed by atoms with Crippen molar-refractivity contribution < 1.29 is 13.2 Å². The van der Waals surface area contributed by atoms with Gasteiger partial charge in [-0.1, -0.05) is 12.1 Å². The van der Waals surface area contributed by atoms with Crippen molar-refractivity contribution in [3.8, 4) is 0 Å². The van der Waals surface area contributed by atoms with Gasteiger partial charge in [0.2, 0.25) is 0 Å². The van der Waals surface area contributed by atoms with Gasteiger partial charge in [-0.25, -0.2) is 10.8 Å². The molecule has 2 aromatic rings. The van der Waals surface area contributed by atoms with Crippen LogP contribution in [0.4, 0.5) is 30.5 Å². The molecule has 112 valence electrons. The van der Waals surface area contributed by atoms with Crippen molar-refractivity contribution in [1.82, 2.24) is 4.98 Å². The fraction of sp³-hybridized carbons (Fsp3) is 0.214. The van der Waals surface area contributed by atoms with E-state index in [0.29, 0.717) is 5.69 Å². The minimum atomic E-state index is -4.47. The smallest absolute Gasteiger partial charge is 0.340 e. The molecule has 7 heteroatoms. The highest BCUT2D eigenvalue weighted by molar-refractivity contribution is 5.63. The highest BCUT2D eigenvalue weighted by Crippen LogP contribution is 2.33. The zero-order valence-corrected chi connectivity index (χ0v) is 11.5. The van der Waals surface area contributed by atoms with Gasteiger partial charge in [0, 0.05) is 5.69 Å². The number of pyridine rings is 1. The number of aromatic nitrogens is 1. The van der Waals surface area contributed by atoms with E-state index in [1.807, 2.05) is 32.0 Å². The summed E-state index contributed by atoms with van der Waals surface area (Å²) in [6.07, 6.45) is -4.47. The largest absolute Gasteiger partial charge is 0.416 e. The monoisotopic (exact) mass is 296 g/mol. The zero-order valence-electron chi connectivity index (χ0n) is 11.5. The van der Waals surface area contributed by atoms with Gasteiger partial charge < -0.3 is 10.7 Å². The van der Waals surface area contributed by atoms with Crippen LogP contribution in [0.1, 0.15) is 16.7 Å². The van der Waals surface area contributed by atoms with Gasteiger partial charge >= 0.3 is 6.18 Å². The fourth-order valence-electron chi connectivity index (χ4n) is 1.84. The molecule has 4 nitrogen and oxygen atoms in total. The second kappa shape index (κ2) is 5.61. The summed E-state index contributed by atoms with van der Waals surface area (Å²) in [4.78, 5) is 3.98. The van der Waals surface area contributed by atoms with Crippen molar-refractivity contribution in [3.63, 3.8) is 0 Å². The number of rotatable bonds is 3. The Morgan fingerprint density at radius 1 is 1.05 bits per heavy atom. The fourth-order valence-corrected chi connectivity index (χ4v) is 1.84. The summed E-state index contributed by atoms with van der Waals surface area (Å²) in [6.45, 7) is 3.76. The van der Waals surface area contributed by atoms with Crippen molar-refractivity contribution in [1.29, 1.82) is 0 Å². The van der Waals surface area contributed by atoms with E-state index < -0.39 is 11.7 Å². The predicted octanol–water partition coefficient (Wildman–Crippen LogP) is 3.75. The summed E-state index contributed by atoms with van der Waals surface area (Å²) in [6, 6.07) is 7.45. The minimum Gasteiger partial charge on any atom is -0.340 e. The first-order chi connectivity index (χ1) is 9.79. The third kappa shape index (κ3) is 3.63. The maximum atomic E-state index is 12.8. The Morgan fingerprint density at radius 2 is 1.71 bits per heavy atom. The topological polar surface area (TPSA) is 63.0 Å². The van der Waals surface area contributed by atoms with Crippen molar-refractivity contribution in [3.05, 3.63) is 47.0 Å². The van der Waals surface area contributed by atoms with E-state index in [1.54, 1.807) is 0 Å². The molecule has 4 N–H and O–H groups in total. The summed E-state index contributed by atoms with van der Waals surface area (Å²) in [5.41, 5.74) is 3.92. The summed E-state index contributed by atoms with van der Waals surface area (Å²) in [5, 5.41) is 2.89. The molecule has 1 aromatic carbocycles. The maximum Gasteiger partial charge on any atom is 0.416 e. The van der Waals surface area contributed by atoms with Gasteiger partial charge in [0.1, 0.15) is 11.6 Å². The Labute approximate surface area is 120 Å². The van der Waals surface area contributed by atoms with Crippen LogP contribution >= 0.6 is 0 Å². The Balaban J connectivity index is 2.42. The first-order valence-corrected chi connectivity index (χ1v) is 6.20. The van der Waals surface area contributed by atoms with Crippen molar-refractivity contribution >= 4 is 17.3 Å². The minimum absolute atomic E-state index is 0.0577. The Kier molecular flexibility index (Phi) is 4.04. The lowest BCUT2D eigenvalue weighted by Crippen LogP contribution is -2.13. The number of nitrogen functional groups attached to an aromatic ring is 1. The van der Waals surface area contributed by atoms with E-state index in [-0.39, 0.29) is 11.6 Å². The van der Waals surface area contributed by atoms with Crippen LogP contribution in [0.15, 0.2) is 30.3 Å². The molecule has 1 heterocycles. The quantitative estimate of drug-likeness (QED) is 0.596. The van der Waals surface area contributed by atoms with Gasteiger partial charge in [0.25, 0.3) is 0 Å². The number of nitrogens with one attached hydrogen (secondary N) is 2. The van der Waals surface area contributed by atoms with E-state index in [0.717, 1.165) is 23.3 Å². The number of nitrogens with two attached hydrogens (primary N) is 1. The summed E-state index contributed by atoms with van der Waals surface area (Å²) >= 11 is 0. The summed E-state index contributed by atoms with van der Waals surface area (Å²) < 4.78 is 38.5. The van der Waals surface area contributed by atoms with Crippen LogP contribution in [-0.4, -0.2) is 4.98 Å². The lowest BCUT2D eigenvalue weighted by Gasteiger charge is -2.14. The highest BCUT2D eigenvalue weighted by Gasteiger charge is 2.31. The number of hydrogen-bond acceptors (Lipinski definition) is 4. The average molecular weight is 296 g/mol. The number of nitrogens with zero attached hydrogens (tertiary/aromatic N) is 1. The normalized spacial score (nSPS) is 11.3. The molecule has 0 bridgehead atoms. The molecular weight excluding hydrogens is 281 g/mol. The third-order valence-electron chi connectivity index (χ3n) is 2.96. The first kappa shape index (κ1) is 15.1. The molecule has 2 rings (SSSR count). The number of aryl methyl sites for hydroxylation is 2. The molecule has 0 aliphatic heterocycles. The maximum absolute atomic E-state index is 12.8. The molecule has 0 aliphatic carbocycles. The number of hydrogen-bond donors (Lipinski definition) is 3. The third-order valence-corrected chi connectivity index (χ3v) is 2.96. The summed E-state index contributed by atoms with van der Waals surface area (Å²) in [7, 11) is 0. The molecule has 0 saturated carbocycles. The predicted molar refractivity (Wildman–Crippen MR) is 76.2 cm³/mol. The SMILES string of the molecule is Cc1ccc(C)c(Nc2cc(C(F)(F)F)cc(NN)n2)c1. The molecule has 0 aliphatic rings. The van der Waals surface area contributed by atoms with Gasteiger partial charge in [-0.15, -0.1) is 0 Å². The molecule has 21 heavy (non-hydrogen) atoms. The van der Waals surface area contributed by atoms with Gasteiger partial charge in [0.15, 0.2) is 0 Å². The van der Waals surface area contributed by atoms with Crippen molar-refractivity contribution in [2.75, 3.05) is 10.7 Å². The number of alkyl halides is 3. The number of anilines is 3. The van der Waals surface area contributed by atoms with Crippen LogP contribution < -0.4 is 16.6 Å². The molecule has 0 atom stereocenters. The lowest BCUT2D eigenvalue weighted by atomic mass is 10.1. The molecule has 0 radical (unpaired) electrons. The van der Waals surface area contributed by atoms with Crippen LogP contribution in [0, 0.1) is 13.8 Å². The Morgan fingerprint density at radius 3 is 2.33 bits per heavy atom. The van der Waals surface area contributed by atoms with E-state index in [1.165, 1.54) is 0 Å². The van der Waals surface area contributed by atoms with E-state index in [4.69, 9.17) is 5.84 Å². The van der Waals surface area contributed by atoms with Gasteiger partial charge in [0.05, 0.1) is 5.56 Å². The summed E-state index contributed by atoms with van der Waals surface area (Å²) in [5.74, 6) is 5.19. The molecule has 0 saturated heterocycles. The Bertz CT molecular complexity index is 653. The average Bonchev–Trinajstić information content (AvgIpc) is 2.41. The van der Waals surface area contributed by atoms with Gasteiger partial charge in [-0.3, -0.25) is 0 Å². The molecule has 0 unspecified atom stereocenters. The molecule has 0 amide bonds. The van der Waals surface area contributed by atoms with Crippen LogP contribution in [0.5, 0.6) is 0 Å². The van der Waals surface area contributed by atoms with E-state index in [2.05, 4.69) is 15.7 Å².